The van der Waals surface area contributed by atoms with Crippen LogP contribution in [0.3, 0.4) is 0 Å². The maximum absolute atomic E-state index is 12.3. The third-order valence-corrected chi connectivity index (χ3v) is 3.45. The van der Waals surface area contributed by atoms with Gasteiger partial charge in [0.05, 0.1) is 0 Å². The van der Waals surface area contributed by atoms with Crippen LogP contribution in [0.15, 0.2) is 12.3 Å². The summed E-state index contributed by atoms with van der Waals surface area (Å²) in [5, 5.41) is 13.3. The van der Waals surface area contributed by atoms with Gasteiger partial charge in [0, 0.05) is 37.5 Å². The van der Waals surface area contributed by atoms with E-state index in [0.29, 0.717) is 18.9 Å². The highest BCUT2D eigenvalue weighted by Gasteiger charge is 2.28. The molecule has 1 unspecified atom stereocenters. The number of amides is 1. The Morgan fingerprint density at radius 1 is 1.58 bits per heavy atom. The molecule has 1 fully saturated rings. The van der Waals surface area contributed by atoms with Crippen molar-refractivity contribution in [3.05, 3.63) is 23.8 Å². The summed E-state index contributed by atoms with van der Waals surface area (Å²) in [7, 11) is 0. The fourth-order valence-electron chi connectivity index (χ4n) is 2.30. The van der Waals surface area contributed by atoms with Crippen LogP contribution in [0.2, 0.25) is 0 Å². The zero-order chi connectivity index (χ0) is 13.4. The third-order valence-electron chi connectivity index (χ3n) is 3.45. The molecule has 2 aromatic rings. The summed E-state index contributed by atoms with van der Waals surface area (Å²) in [5.74, 6) is 0.573. The fourth-order valence-corrected chi connectivity index (χ4v) is 2.30. The van der Waals surface area contributed by atoms with E-state index in [-0.39, 0.29) is 24.3 Å². The average Bonchev–Trinajstić information content (AvgIpc) is 3.05. The molecule has 0 radical (unpaired) electrons. The molecule has 7 heteroatoms. The van der Waals surface area contributed by atoms with Crippen molar-refractivity contribution in [2.75, 3.05) is 19.7 Å². The van der Waals surface area contributed by atoms with Crippen LogP contribution in [-0.4, -0.2) is 55.2 Å². The smallest absolute Gasteiger partial charge is 0.293 e. The van der Waals surface area contributed by atoms with Crippen molar-refractivity contribution in [2.24, 2.45) is 5.92 Å². The Morgan fingerprint density at radius 3 is 3.11 bits per heavy atom. The van der Waals surface area contributed by atoms with Gasteiger partial charge < -0.3 is 10.0 Å². The lowest BCUT2D eigenvalue weighted by molar-refractivity contribution is 0.0770. The minimum atomic E-state index is -0.194. The maximum atomic E-state index is 12.3. The molecular weight excluding hydrogens is 246 g/mol. The first-order valence-corrected chi connectivity index (χ1v) is 6.27. The zero-order valence-electron chi connectivity index (χ0n) is 10.7. The van der Waals surface area contributed by atoms with Crippen molar-refractivity contribution in [3.63, 3.8) is 0 Å². The highest BCUT2D eigenvalue weighted by atomic mass is 16.3. The van der Waals surface area contributed by atoms with Gasteiger partial charge in [0.15, 0.2) is 0 Å². The largest absolute Gasteiger partial charge is 0.396 e. The van der Waals surface area contributed by atoms with Crippen LogP contribution in [0.1, 0.15) is 22.7 Å². The molecule has 1 saturated heterocycles. The maximum Gasteiger partial charge on any atom is 0.293 e. The van der Waals surface area contributed by atoms with Crippen LogP contribution in [0.25, 0.3) is 5.78 Å². The van der Waals surface area contributed by atoms with Crippen LogP contribution in [0.5, 0.6) is 0 Å². The molecule has 0 aromatic carbocycles. The summed E-state index contributed by atoms with van der Waals surface area (Å²) < 4.78 is 1.56. The van der Waals surface area contributed by atoms with E-state index in [9.17, 15) is 4.79 Å². The Labute approximate surface area is 109 Å². The molecule has 0 saturated carbocycles. The van der Waals surface area contributed by atoms with E-state index in [2.05, 4.69) is 15.1 Å². The lowest BCUT2D eigenvalue weighted by Gasteiger charge is -2.13. The zero-order valence-corrected chi connectivity index (χ0v) is 10.7. The van der Waals surface area contributed by atoms with Gasteiger partial charge in [-0.2, -0.15) is 4.98 Å². The second-order valence-electron chi connectivity index (χ2n) is 4.82. The van der Waals surface area contributed by atoms with Gasteiger partial charge in [-0.1, -0.05) is 0 Å². The first-order chi connectivity index (χ1) is 9.19. The van der Waals surface area contributed by atoms with E-state index < -0.39 is 0 Å². The molecule has 0 aliphatic carbocycles. The van der Waals surface area contributed by atoms with E-state index in [1.807, 2.05) is 13.0 Å². The Hall–Kier alpha value is -2.02. The summed E-state index contributed by atoms with van der Waals surface area (Å²) in [6, 6.07) is 1.81. The van der Waals surface area contributed by atoms with Gasteiger partial charge in [-0.05, 0) is 19.4 Å². The SMILES string of the molecule is Cc1ccnc2nc(C(=O)N3CCC(CO)C3)nn12. The second-order valence-corrected chi connectivity index (χ2v) is 4.82. The van der Waals surface area contributed by atoms with Crippen LogP contribution in [0.4, 0.5) is 0 Å². The van der Waals surface area contributed by atoms with Crippen LogP contribution >= 0.6 is 0 Å². The Kier molecular flexibility index (Phi) is 2.90. The van der Waals surface area contributed by atoms with Crippen LogP contribution in [0, 0.1) is 12.8 Å². The molecule has 3 rings (SSSR count). The highest BCUT2D eigenvalue weighted by Crippen LogP contribution is 2.17. The van der Waals surface area contributed by atoms with Crippen molar-refractivity contribution in [1.82, 2.24) is 24.5 Å². The summed E-state index contributed by atoms with van der Waals surface area (Å²) in [6.07, 6.45) is 2.47. The number of hydrogen-bond acceptors (Lipinski definition) is 5. The van der Waals surface area contributed by atoms with E-state index in [4.69, 9.17) is 5.11 Å². The van der Waals surface area contributed by atoms with E-state index in [1.54, 1.807) is 15.6 Å². The first-order valence-electron chi connectivity index (χ1n) is 6.27. The number of aliphatic hydroxyl groups excluding tert-OH is 1. The number of aromatic nitrogens is 4. The topological polar surface area (TPSA) is 83.6 Å². The molecule has 3 heterocycles. The quantitative estimate of drug-likeness (QED) is 0.815. The molecule has 0 spiro atoms. The van der Waals surface area contributed by atoms with Crippen LogP contribution < -0.4 is 0 Å². The van der Waals surface area contributed by atoms with Gasteiger partial charge in [-0.15, -0.1) is 5.10 Å². The second kappa shape index (κ2) is 4.58. The van der Waals surface area contributed by atoms with Crippen molar-refractivity contribution in [1.29, 1.82) is 0 Å². The van der Waals surface area contributed by atoms with E-state index in [1.165, 1.54) is 0 Å². The number of likely N-dealkylation sites (tertiary alicyclic amines) is 1. The molecule has 1 amide bonds. The molecule has 19 heavy (non-hydrogen) atoms. The highest BCUT2D eigenvalue weighted by molar-refractivity contribution is 5.91. The van der Waals surface area contributed by atoms with Gasteiger partial charge in [0.1, 0.15) is 0 Å². The molecule has 0 bridgehead atoms. The van der Waals surface area contributed by atoms with Crippen molar-refractivity contribution in [3.8, 4) is 0 Å². The number of fused-ring (bicyclic) bond motifs is 1. The number of carbonyl (C=O) groups excluding carboxylic acids is 1. The summed E-state index contributed by atoms with van der Waals surface area (Å²) in [6.45, 7) is 3.21. The monoisotopic (exact) mass is 261 g/mol. The van der Waals surface area contributed by atoms with Gasteiger partial charge in [0.2, 0.25) is 5.82 Å². The number of nitrogens with zero attached hydrogens (tertiary/aromatic N) is 5. The number of aliphatic hydroxyl groups is 1. The van der Waals surface area contributed by atoms with Gasteiger partial charge >= 0.3 is 0 Å². The van der Waals surface area contributed by atoms with E-state index in [0.717, 1.165) is 12.1 Å². The molecule has 1 N–H and O–H groups in total. The number of rotatable bonds is 2. The molecule has 1 aliphatic rings. The van der Waals surface area contributed by atoms with Gasteiger partial charge in [-0.25, -0.2) is 9.50 Å². The van der Waals surface area contributed by atoms with Crippen LogP contribution in [-0.2, 0) is 0 Å². The normalized spacial score (nSPS) is 19.3. The Morgan fingerprint density at radius 2 is 2.42 bits per heavy atom. The van der Waals surface area contributed by atoms with E-state index >= 15 is 0 Å². The fraction of sp³-hybridized carbons (Fsp3) is 0.500. The molecule has 1 atom stereocenters. The third kappa shape index (κ3) is 2.06. The van der Waals surface area contributed by atoms with Gasteiger partial charge in [0.25, 0.3) is 11.7 Å². The average molecular weight is 261 g/mol. The van der Waals surface area contributed by atoms with Gasteiger partial charge in [-0.3, -0.25) is 4.79 Å². The number of hydrogen-bond donors (Lipinski definition) is 1. The minimum absolute atomic E-state index is 0.114. The standard InChI is InChI=1S/C12H15N5O2/c1-8-2-4-13-12-14-10(15-17(8)12)11(19)16-5-3-9(6-16)7-18/h2,4,9,18H,3,5-7H2,1H3. The minimum Gasteiger partial charge on any atom is -0.396 e. The Bertz CT molecular complexity index is 624. The lowest BCUT2D eigenvalue weighted by atomic mass is 10.1. The Balaban J connectivity index is 1.88. The molecule has 1 aliphatic heterocycles. The molecular formula is C12H15N5O2. The van der Waals surface area contributed by atoms with Crippen molar-refractivity contribution < 1.29 is 9.90 Å². The predicted molar refractivity (Wildman–Crippen MR) is 66.6 cm³/mol. The number of carbonyl (C=O) groups is 1. The summed E-state index contributed by atoms with van der Waals surface area (Å²) in [4.78, 5) is 22.2. The number of aryl methyl sites for hydroxylation is 1. The molecule has 2 aromatic heterocycles. The molecule has 7 nitrogen and oxygen atoms in total. The first kappa shape index (κ1) is 12.0. The molecule has 100 valence electrons. The summed E-state index contributed by atoms with van der Waals surface area (Å²) >= 11 is 0. The summed E-state index contributed by atoms with van der Waals surface area (Å²) in [5.41, 5.74) is 0.881. The van der Waals surface area contributed by atoms with Crippen molar-refractivity contribution >= 4 is 11.7 Å². The predicted octanol–water partition coefficient (Wildman–Crippen LogP) is -0.113. The van der Waals surface area contributed by atoms with Crippen molar-refractivity contribution in [2.45, 2.75) is 13.3 Å². The lowest BCUT2D eigenvalue weighted by Crippen LogP contribution is -2.30.